The van der Waals surface area contributed by atoms with Crippen molar-refractivity contribution in [3.63, 3.8) is 0 Å². The quantitative estimate of drug-likeness (QED) is 0.679. The van der Waals surface area contributed by atoms with Crippen LogP contribution in [0.25, 0.3) is 10.9 Å². The number of nitrogens with one attached hydrogen (secondary N) is 1. The van der Waals surface area contributed by atoms with Gasteiger partial charge in [0.25, 0.3) is 0 Å². The molecule has 1 aliphatic heterocycles. The van der Waals surface area contributed by atoms with Crippen LogP contribution in [-0.4, -0.2) is 54.6 Å². The summed E-state index contributed by atoms with van der Waals surface area (Å²) in [5, 5.41) is 12.9. The predicted molar refractivity (Wildman–Crippen MR) is 116 cm³/mol. The summed E-state index contributed by atoms with van der Waals surface area (Å²) < 4.78 is 36.5. The number of carboxylic acids is 1. The number of rotatable bonds is 7. The molecule has 0 radical (unpaired) electrons. The maximum atomic E-state index is 15.4. The van der Waals surface area contributed by atoms with Gasteiger partial charge in [-0.15, -0.1) is 0 Å². The molecule has 2 heterocycles. The molecule has 1 saturated heterocycles. The monoisotopic (exact) mass is 447 g/mol. The molecule has 1 aromatic heterocycles. The number of hydrogen-bond acceptors (Lipinski definition) is 5. The van der Waals surface area contributed by atoms with Crippen molar-refractivity contribution in [3.05, 3.63) is 33.9 Å². The zero-order valence-electron chi connectivity index (χ0n) is 18.1. The summed E-state index contributed by atoms with van der Waals surface area (Å²) >= 11 is 0. The fourth-order valence-electron chi connectivity index (χ4n) is 4.87. The van der Waals surface area contributed by atoms with Crippen molar-refractivity contribution in [2.45, 2.75) is 44.4 Å². The molecule has 0 unspecified atom stereocenters. The molecule has 5 rings (SSSR count). The number of halogens is 2. The number of carboxylic acid groups (broad SMARTS) is 1. The highest BCUT2D eigenvalue weighted by Crippen LogP contribution is 2.46. The van der Waals surface area contributed by atoms with Crippen molar-refractivity contribution in [2.24, 2.45) is 11.8 Å². The van der Waals surface area contributed by atoms with Gasteiger partial charge in [-0.2, -0.15) is 0 Å². The van der Waals surface area contributed by atoms with Gasteiger partial charge in [-0.1, -0.05) is 6.92 Å². The van der Waals surface area contributed by atoms with E-state index in [0.29, 0.717) is 31.0 Å². The number of carbonyl (C=O) groups is 1. The number of nitrogens with zero attached hydrogens (tertiary/aromatic N) is 2. The normalized spacial score (nSPS) is 27.2. The van der Waals surface area contributed by atoms with Crippen molar-refractivity contribution in [1.29, 1.82) is 0 Å². The lowest BCUT2D eigenvalue weighted by atomic mass is 9.98. The number of anilines is 1. The van der Waals surface area contributed by atoms with E-state index in [4.69, 9.17) is 4.74 Å². The summed E-state index contributed by atoms with van der Waals surface area (Å²) in [6, 6.07) is 1.07. The lowest BCUT2D eigenvalue weighted by Crippen LogP contribution is -2.29. The number of alkyl halides is 1. The van der Waals surface area contributed by atoms with E-state index < -0.39 is 35.0 Å². The van der Waals surface area contributed by atoms with Crippen LogP contribution in [0.5, 0.6) is 5.75 Å². The van der Waals surface area contributed by atoms with Crippen LogP contribution in [0.1, 0.15) is 42.6 Å². The second kappa shape index (κ2) is 7.72. The van der Waals surface area contributed by atoms with Crippen molar-refractivity contribution in [3.8, 4) is 5.75 Å². The Morgan fingerprint density at radius 1 is 1.34 bits per heavy atom. The first-order chi connectivity index (χ1) is 15.3. The Bertz CT molecular complexity index is 1150. The molecule has 3 fully saturated rings. The minimum Gasteiger partial charge on any atom is -0.492 e. The Balaban J connectivity index is 1.62. The van der Waals surface area contributed by atoms with E-state index >= 15 is 4.39 Å². The first kappa shape index (κ1) is 21.2. The lowest BCUT2D eigenvalue weighted by Gasteiger charge is -2.25. The number of benzene rings is 1. The molecule has 2 aromatic rings. The average molecular weight is 447 g/mol. The zero-order chi connectivity index (χ0) is 22.7. The number of methoxy groups -OCH3 is 1. The van der Waals surface area contributed by atoms with Gasteiger partial charge in [0.2, 0.25) is 5.43 Å². The maximum Gasteiger partial charge on any atom is 0.341 e. The number of hydrogen-bond donors (Lipinski definition) is 2. The largest absolute Gasteiger partial charge is 0.492 e. The van der Waals surface area contributed by atoms with Crippen LogP contribution in [0.4, 0.5) is 14.5 Å². The van der Waals surface area contributed by atoms with Crippen molar-refractivity contribution in [2.75, 3.05) is 31.6 Å². The summed E-state index contributed by atoms with van der Waals surface area (Å²) in [5.74, 6) is -1.25. The van der Waals surface area contributed by atoms with E-state index in [1.54, 1.807) is 0 Å². The number of pyridine rings is 1. The van der Waals surface area contributed by atoms with Gasteiger partial charge in [0.05, 0.1) is 24.1 Å². The molecule has 2 saturated carbocycles. The van der Waals surface area contributed by atoms with Gasteiger partial charge in [-0.3, -0.25) is 4.79 Å². The number of ether oxygens (including phenoxy) is 1. The Morgan fingerprint density at radius 2 is 2.06 bits per heavy atom. The smallest absolute Gasteiger partial charge is 0.341 e. The summed E-state index contributed by atoms with van der Waals surface area (Å²) in [4.78, 5) is 26.4. The van der Waals surface area contributed by atoms with Gasteiger partial charge in [-0.25, -0.2) is 13.6 Å². The lowest BCUT2D eigenvalue weighted by molar-refractivity contribution is 0.0694. The van der Waals surface area contributed by atoms with Gasteiger partial charge in [-0.05, 0) is 30.7 Å². The molecule has 1 aromatic carbocycles. The van der Waals surface area contributed by atoms with E-state index in [0.717, 1.165) is 18.8 Å². The van der Waals surface area contributed by atoms with Gasteiger partial charge in [0.1, 0.15) is 17.4 Å². The number of aromatic carboxylic acids is 1. The molecule has 2 aliphatic carbocycles. The second-order valence-corrected chi connectivity index (χ2v) is 9.36. The molecule has 0 spiro atoms. The topological polar surface area (TPSA) is 83.8 Å². The highest BCUT2D eigenvalue weighted by Gasteiger charge is 2.42. The highest BCUT2D eigenvalue weighted by molar-refractivity contribution is 5.97. The van der Waals surface area contributed by atoms with Crippen molar-refractivity contribution < 1.29 is 23.4 Å². The first-order valence-electron chi connectivity index (χ1n) is 11.1. The van der Waals surface area contributed by atoms with E-state index in [-0.39, 0.29) is 28.8 Å². The first-order valence-corrected chi connectivity index (χ1v) is 11.1. The maximum absolute atomic E-state index is 15.4. The summed E-state index contributed by atoms with van der Waals surface area (Å²) in [7, 11) is 1.39. The molecule has 7 nitrogen and oxygen atoms in total. The third kappa shape index (κ3) is 3.52. The molecule has 9 heteroatoms. The minimum absolute atomic E-state index is 0.110. The van der Waals surface area contributed by atoms with E-state index in [1.807, 2.05) is 4.90 Å². The highest BCUT2D eigenvalue weighted by atomic mass is 19.1. The molecule has 2 N–H and O–H groups in total. The SMILES string of the molecule is COc1c(N2C[C@H](CNC3CC3)[C@@H](C)C2)c(F)cc2c(=O)c(C(=O)O)cn([C@@H]3C[C@@H]3F)c12. The van der Waals surface area contributed by atoms with E-state index in [1.165, 1.54) is 24.5 Å². The second-order valence-electron chi connectivity index (χ2n) is 9.36. The van der Waals surface area contributed by atoms with Crippen LogP contribution < -0.4 is 20.4 Å². The van der Waals surface area contributed by atoms with Gasteiger partial charge in [0.15, 0.2) is 11.6 Å². The Hall–Kier alpha value is -2.68. The third-order valence-corrected chi connectivity index (χ3v) is 7.00. The molecular weight excluding hydrogens is 420 g/mol. The average Bonchev–Trinajstić information content (AvgIpc) is 3.67. The summed E-state index contributed by atoms with van der Waals surface area (Å²) in [6.07, 6.45) is 2.62. The number of aromatic nitrogens is 1. The standard InChI is InChI=1S/C23H27F2N3O4/c1-11-8-27(9-12(11)7-26-13-3-4-13)20-17(25)5-14-19(22(20)32-2)28(18-6-16(18)24)10-15(21(14)29)23(30)31/h5,10-13,16,18,26H,3-4,6-9H2,1-2H3,(H,30,31)/t11-,12-,16-,18+/m0/s1. The van der Waals surface area contributed by atoms with E-state index in [9.17, 15) is 19.1 Å². The van der Waals surface area contributed by atoms with Crippen molar-refractivity contribution >= 4 is 22.6 Å². The van der Waals surface area contributed by atoms with Crippen LogP contribution in [0.15, 0.2) is 17.1 Å². The van der Waals surface area contributed by atoms with Gasteiger partial charge in [0, 0.05) is 38.3 Å². The Morgan fingerprint density at radius 3 is 2.66 bits per heavy atom. The fourth-order valence-corrected chi connectivity index (χ4v) is 4.87. The predicted octanol–water partition coefficient (Wildman–Crippen LogP) is 2.95. The molecule has 3 aliphatic rings. The fraction of sp³-hybridized carbons (Fsp3) is 0.565. The minimum atomic E-state index is -1.43. The zero-order valence-corrected chi connectivity index (χ0v) is 18.1. The molecular formula is C23H27F2N3O4. The molecule has 4 atom stereocenters. The number of fused-ring (bicyclic) bond motifs is 1. The van der Waals surface area contributed by atoms with Gasteiger partial charge < -0.3 is 24.6 Å². The molecule has 0 amide bonds. The Kier molecular flexibility index (Phi) is 5.11. The van der Waals surface area contributed by atoms with E-state index in [2.05, 4.69) is 12.2 Å². The molecule has 32 heavy (non-hydrogen) atoms. The van der Waals surface area contributed by atoms with Crippen molar-refractivity contribution in [1.82, 2.24) is 9.88 Å². The third-order valence-electron chi connectivity index (χ3n) is 7.00. The van der Waals surface area contributed by atoms with Crippen LogP contribution in [-0.2, 0) is 0 Å². The molecule has 0 bridgehead atoms. The van der Waals surface area contributed by atoms with Crippen LogP contribution >= 0.6 is 0 Å². The van der Waals surface area contributed by atoms with Crippen LogP contribution in [0.3, 0.4) is 0 Å². The van der Waals surface area contributed by atoms with Crippen LogP contribution in [0.2, 0.25) is 0 Å². The Labute approximate surface area is 184 Å². The molecule has 172 valence electrons. The summed E-state index contributed by atoms with van der Waals surface area (Å²) in [6.45, 7) is 4.25. The van der Waals surface area contributed by atoms with Gasteiger partial charge >= 0.3 is 5.97 Å². The summed E-state index contributed by atoms with van der Waals surface area (Å²) in [5.41, 5.74) is -0.819. The van der Waals surface area contributed by atoms with Crippen LogP contribution in [0, 0.1) is 17.7 Å².